The molecule has 0 saturated carbocycles. The Bertz CT molecular complexity index is 575. The van der Waals surface area contributed by atoms with Crippen LogP contribution in [0.15, 0.2) is 5.38 Å². The first-order valence-corrected chi connectivity index (χ1v) is 6.81. The molecule has 0 aliphatic carbocycles. The van der Waals surface area contributed by atoms with E-state index in [1.807, 2.05) is 0 Å². The fraction of sp³-hybridized carbons (Fsp3) is 0.429. The van der Waals surface area contributed by atoms with Crippen LogP contribution in [0.5, 0.6) is 0 Å². The number of halogens is 1. The number of nitrogens with zero attached hydrogens (tertiary/aromatic N) is 3. The molecule has 17 heavy (non-hydrogen) atoms. The van der Waals surface area contributed by atoms with Gasteiger partial charge in [-0.1, -0.05) is 15.9 Å². The van der Waals surface area contributed by atoms with Crippen LogP contribution in [-0.2, 0) is 13.6 Å². The van der Waals surface area contributed by atoms with E-state index in [2.05, 4.69) is 5.10 Å². The van der Waals surface area contributed by atoms with Gasteiger partial charge in [-0.2, -0.15) is 0 Å². The van der Waals surface area contributed by atoms with E-state index in [9.17, 15) is 4.57 Å². The van der Waals surface area contributed by atoms with Crippen molar-refractivity contribution < 1.29 is 30.7 Å². The van der Waals surface area contributed by atoms with Crippen molar-refractivity contribution in [1.29, 1.82) is 0 Å². The summed E-state index contributed by atoms with van der Waals surface area (Å²) < 4.78 is 24.9. The summed E-state index contributed by atoms with van der Waals surface area (Å²) in [6.45, 7) is 1.76. The van der Waals surface area contributed by atoms with Crippen LogP contribution in [0.1, 0.15) is 5.82 Å². The molecule has 10 heteroatoms. The van der Waals surface area contributed by atoms with Crippen LogP contribution in [0.25, 0.3) is 4.96 Å². The smallest absolute Gasteiger partial charge is 0.396 e. The Morgan fingerprint density at radius 1 is 1.53 bits per heavy atom. The number of aromatic nitrogens is 3. The van der Waals surface area contributed by atoms with Crippen molar-refractivity contribution in [2.24, 2.45) is 0 Å². The third kappa shape index (κ3) is 2.07. The zero-order valence-corrected chi connectivity index (χ0v) is 11.9. The van der Waals surface area contributed by atoms with Crippen molar-refractivity contribution in [3.8, 4) is 0 Å². The number of hydrogen-bond acceptors (Lipinski definition) is 6. The van der Waals surface area contributed by atoms with Crippen LogP contribution in [0.3, 0.4) is 0 Å². The van der Waals surface area contributed by atoms with Crippen LogP contribution < -0.4 is 28.4 Å². The Kier molecular flexibility index (Phi) is 4.16. The lowest BCUT2D eigenvalue weighted by Gasteiger charge is -2.08. The van der Waals surface area contributed by atoms with Gasteiger partial charge in [0.15, 0.2) is 0 Å². The molecule has 2 aromatic rings. The molecule has 2 N–H and O–H groups in total. The highest BCUT2D eigenvalue weighted by molar-refractivity contribution is 7.62. The molecule has 0 aromatic carbocycles. The van der Waals surface area contributed by atoms with E-state index in [0.29, 0.717) is 16.2 Å². The van der Waals surface area contributed by atoms with Gasteiger partial charge in [0.05, 0.1) is 0 Å². The normalized spacial score (nSPS) is 11.7. The van der Waals surface area contributed by atoms with Gasteiger partial charge in [-0.15, -0.1) is 4.68 Å². The number of hydrogen-bond donors (Lipinski definition) is 1. The first-order valence-electron chi connectivity index (χ1n) is 4.39. The summed E-state index contributed by atoms with van der Waals surface area (Å²) in [5, 5.41) is 5.83. The third-order valence-corrected chi connectivity index (χ3v) is 5.17. The SMILES string of the molecule is COP(=O)(OC)c1csc2n1nc(C)[n+]2N.[Cl-]. The summed E-state index contributed by atoms with van der Waals surface area (Å²) in [4.78, 5) is 0.668. The fourth-order valence-corrected chi connectivity index (χ4v) is 3.76. The number of rotatable bonds is 3. The molecule has 0 aliphatic heterocycles. The second kappa shape index (κ2) is 4.91. The molecular formula is C7H12ClN4O3PS. The van der Waals surface area contributed by atoms with Crippen molar-refractivity contribution in [1.82, 2.24) is 9.61 Å². The number of nitrogen functional groups attached to an aromatic ring is 1. The van der Waals surface area contributed by atoms with Crippen molar-refractivity contribution in [3.05, 3.63) is 11.2 Å². The molecule has 0 atom stereocenters. The van der Waals surface area contributed by atoms with Crippen molar-refractivity contribution in [3.63, 3.8) is 0 Å². The number of fused-ring (bicyclic) bond motifs is 1. The summed E-state index contributed by atoms with van der Waals surface area (Å²) in [7, 11) is -0.628. The van der Waals surface area contributed by atoms with E-state index < -0.39 is 7.60 Å². The first-order chi connectivity index (χ1) is 7.53. The highest BCUT2D eigenvalue weighted by atomic mass is 35.5. The Morgan fingerprint density at radius 2 is 2.12 bits per heavy atom. The molecule has 2 aromatic heterocycles. The van der Waals surface area contributed by atoms with E-state index in [1.165, 1.54) is 34.7 Å². The highest BCUT2D eigenvalue weighted by Gasteiger charge is 2.35. The van der Waals surface area contributed by atoms with Gasteiger partial charge in [0.25, 0.3) is 5.82 Å². The fourth-order valence-electron chi connectivity index (χ4n) is 1.33. The molecule has 2 rings (SSSR count). The minimum atomic E-state index is -3.30. The lowest BCUT2D eigenvalue weighted by Crippen LogP contribution is -3.00. The summed E-state index contributed by atoms with van der Waals surface area (Å²) in [6.07, 6.45) is 0. The van der Waals surface area contributed by atoms with Gasteiger partial charge >= 0.3 is 12.6 Å². The quantitative estimate of drug-likeness (QED) is 0.367. The minimum absolute atomic E-state index is 0. The van der Waals surface area contributed by atoms with Crippen LogP contribution in [-0.4, -0.2) is 23.8 Å². The maximum atomic E-state index is 12.2. The first kappa shape index (κ1) is 14.4. The molecule has 2 heterocycles. The van der Waals surface area contributed by atoms with Gasteiger partial charge in [0, 0.05) is 31.6 Å². The monoisotopic (exact) mass is 298 g/mol. The molecule has 0 radical (unpaired) electrons. The van der Waals surface area contributed by atoms with Crippen LogP contribution >= 0.6 is 18.9 Å². The average molecular weight is 299 g/mol. The van der Waals surface area contributed by atoms with Crippen LogP contribution in [0, 0.1) is 6.92 Å². The number of nitrogens with two attached hydrogens (primary N) is 1. The largest absolute Gasteiger partial charge is 1.00 e. The Labute approximate surface area is 108 Å². The third-order valence-electron chi connectivity index (χ3n) is 2.23. The maximum absolute atomic E-state index is 12.2. The highest BCUT2D eigenvalue weighted by Crippen LogP contribution is 2.45. The molecule has 0 spiro atoms. The summed E-state index contributed by atoms with van der Waals surface area (Å²) in [6, 6.07) is 0. The Morgan fingerprint density at radius 3 is 2.65 bits per heavy atom. The van der Waals surface area contributed by atoms with Gasteiger partial charge < -0.3 is 21.5 Å². The van der Waals surface area contributed by atoms with Gasteiger partial charge in [-0.3, -0.25) is 10.4 Å². The summed E-state index contributed by atoms with van der Waals surface area (Å²) >= 11 is 1.33. The topological polar surface area (TPSA) is 82.7 Å². The molecule has 0 bridgehead atoms. The molecule has 0 fully saturated rings. The molecular weight excluding hydrogens is 287 g/mol. The predicted octanol–water partition coefficient (Wildman–Crippen LogP) is -3.18. The van der Waals surface area contributed by atoms with Gasteiger partial charge in [-0.25, -0.2) is 0 Å². The zero-order chi connectivity index (χ0) is 11.9. The van der Waals surface area contributed by atoms with E-state index in [-0.39, 0.29) is 12.4 Å². The van der Waals surface area contributed by atoms with Crippen molar-refractivity contribution in [2.75, 3.05) is 20.1 Å². The standard InChI is InChI=1S/C7H12N4O3PS.ClH/c1-5-9-11-6(15(12,13-2)14-3)4-16-7(11)10(5)8;/h4H,8H2,1-3H3;1H/q+1;/p-1. The molecule has 96 valence electrons. The molecule has 0 aliphatic rings. The zero-order valence-electron chi connectivity index (χ0n) is 9.45. The van der Waals surface area contributed by atoms with Crippen molar-refractivity contribution >= 4 is 29.3 Å². The molecule has 7 nitrogen and oxygen atoms in total. The van der Waals surface area contributed by atoms with E-state index in [4.69, 9.17) is 14.9 Å². The second-order valence-corrected chi connectivity index (χ2v) is 6.09. The molecule has 0 unspecified atom stereocenters. The maximum Gasteiger partial charge on any atom is 0.396 e. The summed E-state index contributed by atoms with van der Waals surface area (Å²) in [5.41, 5.74) is 0.379. The lowest BCUT2D eigenvalue weighted by atomic mass is 10.7. The van der Waals surface area contributed by atoms with Gasteiger partial charge in [0.1, 0.15) is 0 Å². The number of aryl methyl sites for hydroxylation is 1. The Balaban J connectivity index is 0.00000144. The summed E-state index contributed by atoms with van der Waals surface area (Å²) in [5.74, 6) is 6.37. The lowest BCUT2D eigenvalue weighted by molar-refractivity contribution is -0.617. The van der Waals surface area contributed by atoms with Crippen LogP contribution in [0.2, 0.25) is 0 Å². The molecule has 0 amide bonds. The second-order valence-electron chi connectivity index (χ2n) is 3.07. The van der Waals surface area contributed by atoms with E-state index in [0.717, 1.165) is 0 Å². The Hall–Kier alpha value is -0.660. The van der Waals surface area contributed by atoms with Gasteiger partial charge in [0.2, 0.25) is 5.44 Å². The average Bonchev–Trinajstić information content (AvgIpc) is 2.81. The van der Waals surface area contributed by atoms with E-state index >= 15 is 0 Å². The predicted molar refractivity (Wildman–Crippen MR) is 59.4 cm³/mol. The van der Waals surface area contributed by atoms with Gasteiger partial charge in [-0.05, 0) is 0 Å². The van der Waals surface area contributed by atoms with E-state index in [1.54, 1.807) is 12.3 Å². The van der Waals surface area contributed by atoms with Crippen LogP contribution in [0.4, 0.5) is 0 Å². The minimum Gasteiger partial charge on any atom is -1.00 e. The number of thiazole rings is 1. The molecule has 0 saturated heterocycles. The van der Waals surface area contributed by atoms with Crippen molar-refractivity contribution in [2.45, 2.75) is 6.92 Å².